The van der Waals surface area contributed by atoms with Gasteiger partial charge < -0.3 is 4.74 Å². The van der Waals surface area contributed by atoms with E-state index in [9.17, 15) is 0 Å². The van der Waals surface area contributed by atoms with Crippen LogP contribution in [0.4, 0.5) is 0 Å². The fourth-order valence-electron chi connectivity index (χ4n) is 3.43. The Morgan fingerprint density at radius 2 is 2.08 bits per heavy atom. The first kappa shape index (κ1) is 16.2. The first-order valence-electron chi connectivity index (χ1n) is 8.72. The lowest BCUT2D eigenvalue weighted by Crippen LogP contribution is -2.43. The van der Waals surface area contributed by atoms with Crippen molar-refractivity contribution in [1.82, 2.24) is 29.0 Å². The molecule has 1 fully saturated rings. The molecule has 1 aliphatic heterocycles. The van der Waals surface area contributed by atoms with Crippen molar-refractivity contribution < 1.29 is 4.74 Å². The molecule has 1 atom stereocenters. The minimum Gasteiger partial charge on any atom is -0.374 e. The van der Waals surface area contributed by atoms with Crippen LogP contribution in [0, 0.1) is 20.8 Å². The molecule has 0 aromatic carbocycles. The summed E-state index contributed by atoms with van der Waals surface area (Å²) in [5.74, 6) is 0.782. The molecule has 132 valence electrons. The quantitative estimate of drug-likeness (QED) is 0.724. The molecule has 4 rings (SSSR count). The van der Waals surface area contributed by atoms with Crippen molar-refractivity contribution in [3.05, 3.63) is 47.3 Å². The van der Waals surface area contributed by atoms with E-state index in [0.29, 0.717) is 0 Å². The molecule has 0 bridgehead atoms. The molecule has 0 spiro atoms. The lowest BCUT2D eigenvalue weighted by Gasteiger charge is -2.32. The van der Waals surface area contributed by atoms with E-state index >= 15 is 0 Å². The van der Waals surface area contributed by atoms with E-state index in [0.717, 1.165) is 55.6 Å². The molecule has 3 aromatic rings. The molecule has 1 saturated heterocycles. The van der Waals surface area contributed by atoms with Gasteiger partial charge in [-0.1, -0.05) is 0 Å². The summed E-state index contributed by atoms with van der Waals surface area (Å²) in [6, 6.07) is 2.08. The van der Waals surface area contributed by atoms with Gasteiger partial charge in [0.25, 0.3) is 0 Å². The van der Waals surface area contributed by atoms with Gasteiger partial charge in [0, 0.05) is 43.4 Å². The summed E-state index contributed by atoms with van der Waals surface area (Å²) in [7, 11) is 0. The highest BCUT2D eigenvalue weighted by molar-refractivity contribution is 5.34. The number of nitrogens with zero attached hydrogens (tertiary/aromatic N) is 6. The van der Waals surface area contributed by atoms with Crippen LogP contribution < -0.4 is 0 Å². The van der Waals surface area contributed by atoms with Crippen LogP contribution in [0.3, 0.4) is 0 Å². The molecule has 3 aromatic heterocycles. The summed E-state index contributed by atoms with van der Waals surface area (Å²) in [5, 5.41) is 4.36. The van der Waals surface area contributed by atoms with Crippen LogP contribution >= 0.6 is 0 Å². The number of aryl methyl sites for hydroxylation is 3. The standard InChI is InChI=1S/C18H24N6O/c1-13-7-19-23(8-13)12-17-11-22(4-5-25-17)9-16-10-24-15(3)6-14(2)20-18(24)21-16/h6-8,10,17H,4-5,9,11-12H2,1-3H3/t17-/m0/s1. The third-order valence-electron chi connectivity index (χ3n) is 4.57. The molecule has 0 amide bonds. The number of hydrogen-bond acceptors (Lipinski definition) is 5. The van der Waals surface area contributed by atoms with Crippen LogP contribution in [-0.4, -0.2) is 54.8 Å². The Kier molecular flexibility index (Phi) is 4.27. The average molecular weight is 340 g/mol. The van der Waals surface area contributed by atoms with Crippen LogP contribution in [0.15, 0.2) is 24.7 Å². The van der Waals surface area contributed by atoms with Gasteiger partial charge in [0.15, 0.2) is 0 Å². The van der Waals surface area contributed by atoms with Gasteiger partial charge in [0.1, 0.15) is 0 Å². The zero-order chi connectivity index (χ0) is 17.4. The molecule has 7 nitrogen and oxygen atoms in total. The van der Waals surface area contributed by atoms with E-state index in [2.05, 4.69) is 51.7 Å². The Bertz CT molecular complexity index is 883. The van der Waals surface area contributed by atoms with Gasteiger partial charge >= 0.3 is 0 Å². The van der Waals surface area contributed by atoms with Gasteiger partial charge in [-0.2, -0.15) is 5.10 Å². The second-order valence-electron chi connectivity index (χ2n) is 6.91. The minimum atomic E-state index is 0.159. The van der Waals surface area contributed by atoms with Crippen LogP contribution in [0.25, 0.3) is 5.78 Å². The molecule has 25 heavy (non-hydrogen) atoms. The van der Waals surface area contributed by atoms with E-state index in [4.69, 9.17) is 9.72 Å². The van der Waals surface area contributed by atoms with E-state index in [1.54, 1.807) is 0 Å². The summed E-state index contributed by atoms with van der Waals surface area (Å²) in [5.41, 5.74) is 4.39. The molecular weight excluding hydrogens is 316 g/mol. The van der Waals surface area contributed by atoms with Crippen molar-refractivity contribution in [3.8, 4) is 0 Å². The summed E-state index contributed by atoms with van der Waals surface area (Å²) in [6.07, 6.45) is 6.20. The predicted octanol–water partition coefficient (Wildman–Crippen LogP) is 1.75. The zero-order valence-corrected chi connectivity index (χ0v) is 15.0. The number of aromatic nitrogens is 5. The predicted molar refractivity (Wildman–Crippen MR) is 94.4 cm³/mol. The minimum absolute atomic E-state index is 0.159. The molecule has 0 saturated carbocycles. The third-order valence-corrected chi connectivity index (χ3v) is 4.57. The third kappa shape index (κ3) is 3.57. The summed E-state index contributed by atoms with van der Waals surface area (Å²) >= 11 is 0. The van der Waals surface area contributed by atoms with E-state index < -0.39 is 0 Å². The fourth-order valence-corrected chi connectivity index (χ4v) is 3.43. The zero-order valence-electron chi connectivity index (χ0n) is 15.0. The van der Waals surface area contributed by atoms with Crippen LogP contribution in [-0.2, 0) is 17.8 Å². The molecule has 0 unspecified atom stereocenters. The normalized spacial score (nSPS) is 18.9. The Morgan fingerprint density at radius 1 is 1.20 bits per heavy atom. The smallest absolute Gasteiger partial charge is 0.234 e. The maximum absolute atomic E-state index is 5.91. The number of imidazole rings is 1. The van der Waals surface area contributed by atoms with Gasteiger partial charge in [0.05, 0.1) is 31.1 Å². The van der Waals surface area contributed by atoms with Crippen molar-refractivity contribution >= 4 is 5.78 Å². The van der Waals surface area contributed by atoms with Crippen molar-refractivity contribution in [2.75, 3.05) is 19.7 Å². The Balaban J connectivity index is 1.44. The van der Waals surface area contributed by atoms with Gasteiger partial charge in [-0.3, -0.25) is 14.0 Å². The lowest BCUT2D eigenvalue weighted by atomic mass is 10.2. The Labute approximate surface area is 147 Å². The molecule has 0 radical (unpaired) electrons. The second-order valence-corrected chi connectivity index (χ2v) is 6.91. The summed E-state index contributed by atoms with van der Waals surface area (Å²) in [4.78, 5) is 11.6. The largest absolute Gasteiger partial charge is 0.374 e. The number of hydrogen-bond donors (Lipinski definition) is 0. The van der Waals surface area contributed by atoms with E-state index in [1.165, 1.54) is 5.56 Å². The van der Waals surface area contributed by atoms with Gasteiger partial charge in [-0.25, -0.2) is 9.97 Å². The number of ether oxygens (including phenoxy) is 1. The van der Waals surface area contributed by atoms with Crippen molar-refractivity contribution in [1.29, 1.82) is 0 Å². The Morgan fingerprint density at radius 3 is 2.88 bits per heavy atom. The topological polar surface area (TPSA) is 60.5 Å². The number of morpholine rings is 1. The van der Waals surface area contributed by atoms with E-state index in [-0.39, 0.29) is 6.10 Å². The fraction of sp³-hybridized carbons (Fsp3) is 0.500. The van der Waals surface area contributed by atoms with Gasteiger partial charge in [-0.15, -0.1) is 0 Å². The highest BCUT2D eigenvalue weighted by atomic mass is 16.5. The maximum atomic E-state index is 5.91. The van der Waals surface area contributed by atoms with E-state index in [1.807, 2.05) is 17.8 Å². The monoisotopic (exact) mass is 340 g/mol. The first-order chi connectivity index (χ1) is 12.1. The molecule has 0 aliphatic carbocycles. The van der Waals surface area contributed by atoms with Gasteiger partial charge in [-0.05, 0) is 32.4 Å². The number of rotatable bonds is 4. The lowest BCUT2D eigenvalue weighted by molar-refractivity contribution is -0.0405. The summed E-state index contributed by atoms with van der Waals surface area (Å²) in [6.45, 7) is 10.3. The van der Waals surface area contributed by atoms with Crippen LogP contribution in [0.1, 0.15) is 22.6 Å². The molecule has 4 heterocycles. The van der Waals surface area contributed by atoms with Crippen LogP contribution in [0.5, 0.6) is 0 Å². The maximum Gasteiger partial charge on any atom is 0.234 e. The highest BCUT2D eigenvalue weighted by Crippen LogP contribution is 2.14. The number of fused-ring (bicyclic) bond motifs is 1. The average Bonchev–Trinajstić information content (AvgIpc) is 3.14. The summed E-state index contributed by atoms with van der Waals surface area (Å²) < 4.78 is 9.94. The van der Waals surface area contributed by atoms with Crippen molar-refractivity contribution in [2.24, 2.45) is 0 Å². The second kappa shape index (κ2) is 6.57. The molecule has 7 heteroatoms. The Hall–Kier alpha value is -2.25. The molecular formula is C18H24N6O. The first-order valence-corrected chi connectivity index (χ1v) is 8.72. The van der Waals surface area contributed by atoms with Crippen LogP contribution in [0.2, 0.25) is 0 Å². The van der Waals surface area contributed by atoms with Crippen molar-refractivity contribution in [2.45, 2.75) is 40.0 Å². The molecule has 0 N–H and O–H groups in total. The molecule has 1 aliphatic rings. The van der Waals surface area contributed by atoms with Gasteiger partial charge in [0.2, 0.25) is 5.78 Å². The SMILES string of the molecule is Cc1cnn(C[C@@H]2CN(Cc3cn4c(C)cc(C)nc4n3)CCO2)c1. The van der Waals surface area contributed by atoms with Crippen molar-refractivity contribution in [3.63, 3.8) is 0 Å². The highest BCUT2D eigenvalue weighted by Gasteiger charge is 2.22.